The quantitative estimate of drug-likeness (QED) is 0.380. The normalized spacial score (nSPS) is 15.2. The van der Waals surface area contributed by atoms with Gasteiger partial charge in [-0.05, 0) is 74.6 Å². The van der Waals surface area contributed by atoms with Crippen LogP contribution in [-0.2, 0) is 35.6 Å². The molecule has 2 amide bonds. The number of carbonyl (C=O) groups excluding carboxylic acids is 1. The van der Waals surface area contributed by atoms with E-state index < -0.39 is 11.6 Å². The second kappa shape index (κ2) is 7.69. The summed E-state index contributed by atoms with van der Waals surface area (Å²) in [6.45, 7) is 3.29. The van der Waals surface area contributed by atoms with Crippen LogP contribution in [0.3, 0.4) is 0 Å². The Morgan fingerprint density at radius 2 is 1.82 bits per heavy atom. The summed E-state index contributed by atoms with van der Waals surface area (Å²) in [5.41, 5.74) is 8.06. The monoisotopic (exact) mass is 404 g/mol. The third kappa shape index (κ3) is 3.99. The summed E-state index contributed by atoms with van der Waals surface area (Å²) < 4.78 is 15.4. The molecule has 7 nitrogen and oxygen atoms in total. The lowest BCUT2D eigenvalue weighted by Gasteiger charge is -2.16. The molecule has 28 heavy (non-hydrogen) atoms. The molecule has 1 aromatic carbocycles. The van der Waals surface area contributed by atoms with E-state index in [0.717, 1.165) is 44.2 Å². The summed E-state index contributed by atoms with van der Waals surface area (Å²) in [5.74, 6) is 0.169. The number of nitrogens with one attached hydrogen (secondary N) is 2. The first-order chi connectivity index (χ1) is 13.4. The fraction of sp³-hybridized carbons (Fsp3) is 0.450. The van der Waals surface area contributed by atoms with Crippen molar-refractivity contribution in [3.63, 3.8) is 0 Å². The van der Waals surface area contributed by atoms with E-state index in [0.29, 0.717) is 17.9 Å². The predicted octanol–water partition coefficient (Wildman–Crippen LogP) is 4.18. The predicted molar refractivity (Wildman–Crippen MR) is 106 cm³/mol. The molecule has 2 aliphatic rings. The number of anilines is 1. The van der Waals surface area contributed by atoms with Gasteiger partial charge in [0.25, 0.3) is 18.3 Å². The number of carbonyl (C=O) groups is 1. The van der Waals surface area contributed by atoms with Crippen LogP contribution in [-0.4, -0.2) is 11.1 Å². The summed E-state index contributed by atoms with van der Waals surface area (Å²) >= 11 is 0.573. The van der Waals surface area contributed by atoms with Gasteiger partial charge in [-0.2, -0.15) is 9.76 Å². The zero-order valence-electron chi connectivity index (χ0n) is 16.0. The van der Waals surface area contributed by atoms with Gasteiger partial charge in [0.15, 0.2) is 0 Å². The molecule has 0 atom stereocenters. The molecule has 4 rings (SSSR count). The fourth-order valence-corrected chi connectivity index (χ4v) is 4.19. The minimum atomic E-state index is -1.02. The number of hydroxylamine groups is 1. The second-order valence-corrected chi connectivity index (χ2v) is 8.21. The van der Waals surface area contributed by atoms with E-state index in [9.17, 15) is 9.90 Å². The number of fused-ring (bicyclic) bond motifs is 2. The van der Waals surface area contributed by atoms with Gasteiger partial charge in [0.2, 0.25) is 0 Å². The van der Waals surface area contributed by atoms with Crippen LogP contribution < -0.4 is 15.0 Å². The lowest BCUT2D eigenvalue weighted by Crippen LogP contribution is -2.28. The highest BCUT2D eigenvalue weighted by Gasteiger charge is 2.25. The first kappa shape index (κ1) is 19.2. The first-order valence-electron chi connectivity index (χ1n) is 9.47. The Morgan fingerprint density at radius 3 is 2.43 bits per heavy atom. The van der Waals surface area contributed by atoms with Crippen LogP contribution in [0, 0.1) is 0 Å². The Kier molecular flexibility index (Phi) is 5.27. The smallest absolute Gasteiger partial charge is 0.344 e. The highest BCUT2D eigenvalue weighted by atomic mass is 32.2. The average Bonchev–Trinajstić information content (AvgIpc) is 3.37. The molecule has 0 saturated heterocycles. The molecule has 0 aliphatic heterocycles. The minimum Gasteiger partial charge on any atom is -0.433 e. The van der Waals surface area contributed by atoms with E-state index in [1.807, 2.05) is 0 Å². The average molecular weight is 404 g/mol. The fourth-order valence-electron chi connectivity index (χ4n) is 3.89. The molecule has 1 aromatic heterocycles. The molecule has 1 heterocycles. The summed E-state index contributed by atoms with van der Waals surface area (Å²) in [7, 11) is 0. The van der Waals surface area contributed by atoms with Gasteiger partial charge in [-0.25, -0.2) is 4.79 Å². The molecule has 0 unspecified atom stereocenters. The Balaban J connectivity index is 1.31. The minimum absolute atomic E-state index is 0.169. The Labute approximate surface area is 168 Å². The van der Waals surface area contributed by atoms with Gasteiger partial charge in [0.1, 0.15) is 6.26 Å². The van der Waals surface area contributed by atoms with E-state index in [2.05, 4.69) is 16.9 Å². The number of hydrogen-bond acceptors (Lipinski definition) is 6. The van der Waals surface area contributed by atoms with Crippen molar-refractivity contribution in [1.82, 2.24) is 5.48 Å². The third-order valence-electron chi connectivity index (χ3n) is 5.28. The van der Waals surface area contributed by atoms with Gasteiger partial charge in [-0.15, -0.1) is 0 Å². The van der Waals surface area contributed by atoms with Crippen LogP contribution in [0.2, 0.25) is 0 Å². The van der Waals surface area contributed by atoms with Crippen molar-refractivity contribution in [2.45, 2.75) is 58.0 Å². The molecule has 0 spiro atoms. The number of furan rings is 1. The van der Waals surface area contributed by atoms with E-state index >= 15 is 0 Å². The summed E-state index contributed by atoms with van der Waals surface area (Å²) in [5, 5.41) is 12.9. The number of amides is 2. The van der Waals surface area contributed by atoms with Crippen molar-refractivity contribution in [1.29, 1.82) is 0 Å². The lowest BCUT2D eigenvalue weighted by atomic mass is 9.99. The molecule has 150 valence electrons. The van der Waals surface area contributed by atoms with Gasteiger partial charge >= 0.3 is 6.03 Å². The van der Waals surface area contributed by atoms with Crippen molar-refractivity contribution in [2.75, 3.05) is 5.32 Å². The zero-order chi connectivity index (χ0) is 19.7. The number of aryl methyl sites for hydroxylation is 2. The highest BCUT2D eigenvalue weighted by Crippen LogP contribution is 2.38. The van der Waals surface area contributed by atoms with Gasteiger partial charge in [-0.1, -0.05) is 6.07 Å². The first-order valence-corrected chi connectivity index (χ1v) is 10.1. The molecular formula is C20H24N2O5S. The van der Waals surface area contributed by atoms with E-state index in [4.69, 9.17) is 12.9 Å². The van der Waals surface area contributed by atoms with E-state index in [1.54, 1.807) is 19.9 Å². The maximum atomic E-state index is 12.3. The van der Waals surface area contributed by atoms with Crippen molar-refractivity contribution in [3.8, 4) is 5.95 Å². The molecule has 0 saturated carbocycles. The number of hydrogen-bond donors (Lipinski definition) is 3. The van der Waals surface area contributed by atoms with E-state index in [1.165, 1.54) is 28.5 Å². The van der Waals surface area contributed by atoms with E-state index in [-0.39, 0.29) is 5.95 Å². The molecule has 8 heteroatoms. The van der Waals surface area contributed by atoms with Crippen molar-refractivity contribution in [2.24, 2.45) is 0 Å². The van der Waals surface area contributed by atoms with Crippen LogP contribution in [0.1, 0.15) is 54.5 Å². The van der Waals surface area contributed by atoms with Crippen LogP contribution in [0.15, 0.2) is 22.8 Å². The molecule has 0 radical (unpaired) electrons. The van der Waals surface area contributed by atoms with Crippen LogP contribution in [0.5, 0.6) is 5.95 Å². The Bertz CT molecular complexity index is 855. The van der Waals surface area contributed by atoms with Crippen LogP contribution in [0.4, 0.5) is 10.5 Å². The molecular weight excluding hydrogens is 380 g/mol. The number of rotatable bonds is 6. The number of benzene rings is 1. The third-order valence-corrected chi connectivity index (χ3v) is 5.66. The Hall–Kier alpha value is -2.16. The number of aliphatic hydroxyl groups is 1. The van der Waals surface area contributed by atoms with Gasteiger partial charge in [-0.3, -0.25) is 0 Å². The zero-order valence-corrected chi connectivity index (χ0v) is 16.8. The molecule has 3 N–H and O–H groups in total. The Morgan fingerprint density at radius 1 is 1.14 bits per heavy atom. The van der Waals surface area contributed by atoms with Gasteiger partial charge in [0.05, 0.1) is 5.60 Å². The van der Waals surface area contributed by atoms with Crippen LogP contribution >= 0.6 is 12.3 Å². The van der Waals surface area contributed by atoms with Crippen LogP contribution in [0.25, 0.3) is 0 Å². The SMILES string of the molecule is CC(C)(O)c1coc(OSONC(=O)Nc2c3c(cc4c2CCC4)CCC3)c1. The highest BCUT2D eigenvalue weighted by molar-refractivity contribution is 7.90. The summed E-state index contributed by atoms with van der Waals surface area (Å²) in [4.78, 5) is 12.3. The summed E-state index contributed by atoms with van der Waals surface area (Å²) in [6.07, 6.45) is 7.82. The van der Waals surface area contributed by atoms with Crippen molar-refractivity contribution >= 4 is 24.0 Å². The number of urea groups is 1. The van der Waals surface area contributed by atoms with Crippen molar-refractivity contribution < 1.29 is 22.8 Å². The largest absolute Gasteiger partial charge is 0.433 e. The second-order valence-electron chi connectivity index (χ2n) is 7.74. The maximum Gasteiger partial charge on any atom is 0.344 e. The molecule has 2 aromatic rings. The maximum absolute atomic E-state index is 12.3. The molecule has 2 aliphatic carbocycles. The van der Waals surface area contributed by atoms with Crippen molar-refractivity contribution in [3.05, 3.63) is 46.2 Å². The standard InChI is InChI=1S/C20H24N2O5S/c1-20(2,24)14-10-17(25-11-14)26-28-27-22-19(23)21-18-15-7-3-5-12(15)9-13-6-4-8-16(13)18/h9-11,24H,3-8H2,1-2H3,(H2,21,22,23). The summed E-state index contributed by atoms with van der Waals surface area (Å²) in [6, 6.07) is 3.44. The van der Waals surface area contributed by atoms with Gasteiger partial charge < -0.3 is 19.0 Å². The van der Waals surface area contributed by atoms with Gasteiger partial charge in [0, 0.05) is 17.3 Å². The molecule has 0 bridgehead atoms. The lowest BCUT2D eigenvalue weighted by molar-refractivity contribution is 0.0779. The topological polar surface area (TPSA) is 93.0 Å². The molecule has 0 fully saturated rings.